The van der Waals surface area contributed by atoms with E-state index in [9.17, 15) is 5.26 Å². The molecule has 1 heterocycles. The monoisotopic (exact) mass is 217 g/mol. The minimum absolute atomic E-state index is 0.194. The van der Waals surface area contributed by atoms with Crippen molar-refractivity contribution in [2.45, 2.75) is 44.7 Å². The third-order valence-electron chi connectivity index (χ3n) is 3.55. The quantitative estimate of drug-likeness (QED) is 0.818. The van der Waals surface area contributed by atoms with Crippen LogP contribution in [0.3, 0.4) is 0 Å². The standard InChI is InChI=1S/C13H19N3/c1-10-5-2-3-6-11(10)16-13(9-14)12-7-4-8-15-12/h4,7-8,10-11,13,15-16H,2-3,5-6H2,1H3. The Morgan fingerprint density at radius 1 is 1.50 bits per heavy atom. The highest BCUT2D eigenvalue weighted by molar-refractivity contribution is 5.16. The summed E-state index contributed by atoms with van der Waals surface area (Å²) in [6.07, 6.45) is 6.95. The van der Waals surface area contributed by atoms with Crippen molar-refractivity contribution < 1.29 is 0 Å². The molecule has 0 spiro atoms. The lowest BCUT2D eigenvalue weighted by molar-refractivity contribution is 0.270. The van der Waals surface area contributed by atoms with Gasteiger partial charge in [-0.3, -0.25) is 5.32 Å². The molecule has 1 aromatic rings. The molecule has 0 aromatic carbocycles. The van der Waals surface area contributed by atoms with Crippen LogP contribution in [0.4, 0.5) is 0 Å². The van der Waals surface area contributed by atoms with Gasteiger partial charge in [-0.25, -0.2) is 0 Å². The first-order chi connectivity index (χ1) is 7.81. The molecule has 1 saturated carbocycles. The van der Waals surface area contributed by atoms with E-state index in [1.807, 2.05) is 18.3 Å². The van der Waals surface area contributed by atoms with E-state index in [1.54, 1.807) is 0 Å². The highest BCUT2D eigenvalue weighted by Gasteiger charge is 2.24. The second kappa shape index (κ2) is 5.18. The average Bonchev–Trinajstić information content (AvgIpc) is 2.81. The summed E-state index contributed by atoms with van der Waals surface area (Å²) in [7, 11) is 0. The smallest absolute Gasteiger partial charge is 0.136 e. The summed E-state index contributed by atoms with van der Waals surface area (Å²) in [5.74, 6) is 0.680. The number of hydrogen-bond acceptors (Lipinski definition) is 2. The first kappa shape index (κ1) is 11.2. The van der Waals surface area contributed by atoms with Crippen LogP contribution in [0.15, 0.2) is 18.3 Å². The van der Waals surface area contributed by atoms with E-state index in [2.05, 4.69) is 23.3 Å². The van der Waals surface area contributed by atoms with E-state index >= 15 is 0 Å². The lowest BCUT2D eigenvalue weighted by atomic mass is 9.85. The normalized spacial score (nSPS) is 27.2. The molecule has 0 aliphatic heterocycles. The molecule has 0 amide bonds. The van der Waals surface area contributed by atoms with Crippen molar-refractivity contribution in [2.75, 3.05) is 0 Å². The number of H-pyrrole nitrogens is 1. The summed E-state index contributed by atoms with van der Waals surface area (Å²) >= 11 is 0. The predicted octanol–water partition coefficient (Wildman–Crippen LogP) is 2.75. The predicted molar refractivity (Wildman–Crippen MR) is 63.7 cm³/mol. The van der Waals surface area contributed by atoms with Gasteiger partial charge in [-0.05, 0) is 30.9 Å². The van der Waals surface area contributed by atoms with Gasteiger partial charge in [0.2, 0.25) is 0 Å². The van der Waals surface area contributed by atoms with Crippen molar-refractivity contribution in [3.8, 4) is 6.07 Å². The fourth-order valence-corrected chi connectivity index (χ4v) is 2.50. The van der Waals surface area contributed by atoms with Crippen LogP contribution in [-0.4, -0.2) is 11.0 Å². The SMILES string of the molecule is CC1CCCCC1NC(C#N)c1ccc[nH]1. The molecule has 1 aliphatic carbocycles. The number of nitrogens with one attached hydrogen (secondary N) is 2. The molecule has 2 rings (SSSR count). The highest BCUT2D eigenvalue weighted by Crippen LogP contribution is 2.25. The van der Waals surface area contributed by atoms with Crippen molar-refractivity contribution in [2.24, 2.45) is 5.92 Å². The molecule has 16 heavy (non-hydrogen) atoms. The molecular formula is C13H19N3. The zero-order valence-corrected chi connectivity index (χ0v) is 9.74. The number of nitriles is 1. The third kappa shape index (κ3) is 2.45. The van der Waals surface area contributed by atoms with Gasteiger partial charge < -0.3 is 4.98 Å². The van der Waals surface area contributed by atoms with Crippen LogP contribution in [0.1, 0.15) is 44.3 Å². The molecule has 3 unspecified atom stereocenters. The summed E-state index contributed by atoms with van der Waals surface area (Å²) < 4.78 is 0. The topological polar surface area (TPSA) is 51.6 Å². The lowest BCUT2D eigenvalue weighted by Gasteiger charge is -2.31. The molecule has 0 radical (unpaired) electrons. The molecule has 3 atom stereocenters. The Balaban J connectivity index is 1.99. The molecule has 0 saturated heterocycles. The second-order valence-electron chi connectivity index (χ2n) is 4.72. The van der Waals surface area contributed by atoms with E-state index in [-0.39, 0.29) is 6.04 Å². The minimum Gasteiger partial charge on any atom is -0.363 e. The largest absolute Gasteiger partial charge is 0.363 e. The summed E-state index contributed by atoms with van der Waals surface area (Å²) in [6, 6.07) is 6.53. The van der Waals surface area contributed by atoms with Crippen LogP contribution in [0.2, 0.25) is 0 Å². The molecule has 1 fully saturated rings. The molecular weight excluding hydrogens is 198 g/mol. The summed E-state index contributed by atoms with van der Waals surface area (Å²) in [6.45, 7) is 2.28. The molecule has 2 N–H and O–H groups in total. The molecule has 3 heteroatoms. The van der Waals surface area contributed by atoms with Gasteiger partial charge >= 0.3 is 0 Å². The maximum absolute atomic E-state index is 9.18. The Kier molecular flexibility index (Phi) is 3.63. The van der Waals surface area contributed by atoms with Gasteiger partial charge in [-0.1, -0.05) is 19.8 Å². The summed E-state index contributed by atoms with van der Waals surface area (Å²) in [5, 5.41) is 12.6. The van der Waals surface area contributed by atoms with Crippen LogP contribution in [-0.2, 0) is 0 Å². The maximum Gasteiger partial charge on any atom is 0.136 e. The number of rotatable bonds is 3. The van der Waals surface area contributed by atoms with Crippen LogP contribution in [0.25, 0.3) is 0 Å². The molecule has 3 nitrogen and oxygen atoms in total. The van der Waals surface area contributed by atoms with Crippen LogP contribution in [0, 0.1) is 17.2 Å². The number of aromatic nitrogens is 1. The van der Waals surface area contributed by atoms with Gasteiger partial charge in [0, 0.05) is 17.9 Å². The summed E-state index contributed by atoms with van der Waals surface area (Å²) in [4.78, 5) is 3.11. The van der Waals surface area contributed by atoms with Gasteiger partial charge in [0.1, 0.15) is 6.04 Å². The first-order valence-electron chi connectivity index (χ1n) is 6.10. The van der Waals surface area contributed by atoms with Crippen molar-refractivity contribution in [1.82, 2.24) is 10.3 Å². The second-order valence-corrected chi connectivity index (χ2v) is 4.72. The fourth-order valence-electron chi connectivity index (χ4n) is 2.50. The van der Waals surface area contributed by atoms with Gasteiger partial charge in [-0.2, -0.15) is 5.26 Å². The van der Waals surface area contributed by atoms with E-state index in [1.165, 1.54) is 25.7 Å². The Hall–Kier alpha value is -1.27. The van der Waals surface area contributed by atoms with E-state index in [0.29, 0.717) is 12.0 Å². The molecule has 1 aliphatic rings. The highest BCUT2D eigenvalue weighted by atomic mass is 15.0. The van der Waals surface area contributed by atoms with Gasteiger partial charge in [0.05, 0.1) is 6.07 Å². The Morgan fingerprint density at radius 2 is 2.31 bits per heavy atom. The fraction of sp³-hybridized carbons (Fsp3) is 0.615. The Morgan fingerprint density at radius 3 is 2.94 bits per heavy atom. The van der Waals surface area contributed by atoms with Crippen molar-refractivity contribution in [1.29, 1.82) is 5.26 Å². The molecule has 0 bridgehead atoms. The van der Waals surface area contributed by atoms with Gasteiger partial charge in [-0.15, -0.1) is 0 Å². The lowest BCUT2D eigenvalue weighted by Crippen LogP contribution is -2.39. The Bertz CT molecular complexity index is 350. The van der Waals surface area contributed by atoms with E-state index in [0.717, 1.165) is 5.69 Å². The first-order valence-corrected chi connectivity index (χ1v) is 6.10. The van der Waals surface area contributed by atoms with Crippen LogP contribution in [0.5, 0.6) is 0 Å². The summed E-state index contributed by atoms with van der Waals surface area (Å²) in [5.41, 5.74) is 0.972. The van der Waals surface area contributed by atoms with Crippen molar-refractivity contribution in [3.05, 3.63) is 24.0 Å². The molecule has 1 aromatic heterocycles. The average molecular weight is 217 g/mol. The maximum atomic E-state index is 9.18. The molecule has 86 valence electrons. The Labute approximate surface area is 96.9 Å². The van der Waals surface area contributed by atoms with Crippen LogP contribution >= 0.6 is 0 Å². The zero-order valence-electron chi connectivity index (χ0n) is 9.74. The number of aromatic amines is 1. The van der Waals surface area contributed by atoms with Crippen molar-refractivity contribution in [3.63, 3.8) is 0 Å². The van der Waals surface area contributed by atoms with E-state index in [4.69, 9.17) is 0 Å². The van der Waals surface area contributed by atoms with Crippen molar-refractivity contribution >= 4 is 0 Å². The van der Waals surface area contributed by atoms with Gasteiger partial charge in [0.25, 0.3) is 0 Å². The van der Waals surface area contributed by atoms with Gasteiger partial charge in [0.15, 0.2) is 0 Å². The van der Waals surface area contributed by atoms with Crippen LogP contribution < -0.4 is 5.32 Å². The third-order valence-corrected chi connectivity index (χ3v) is 3.55. The number of hydrogen-bond donors (Lipinski definition) is 2. The minimum atomic E-state index is -0.194. The number of nitrogens with zero attached hydrogens (tertiary/aromatic N) is 1. The van der Waals surface area contributed by atoms with E-state index < -0.39 is 0 Å². The zero-order chi connectivity index (χ0) is 11.4.